The maximum atomic E-state index is 5.79. The molecule has 0 aliphatic carbocycles. The molecule has 1 rings (SSSR count). The molecule has 0 amide bonds. The second-order valence-corrected chi connectivity index (χ2v) is 3.54. The van der Waals surface area contributed by atoms with Crippen molar-refractivity contribution >= 4 is 0 Å². The van der Waals surface area contributed by atoms with Crippen molar-refractivity contribution in [2.75, 3.05) is 13.1 Å². The molecule has 15 heavy (non-hydrogen) atoms. The van der Waals surface area contributed by atoms with Gasteiger partial charge in [-0.2, -0.15) is 0 Å². The lowest BCUT2D eigenvalue weighted by atomic mass is 10.2. The first-order valence-electron chi connectivity index (χ1n) is 5.64. The minimum atomic E-state index is 0.237. The van der Waals surface area contributed by atoms with E-state index < -0.39 is 0 Å². The highest BCUT2D eigenvalue weighted by Crippen LogP contribution is 2.10. The van der Waals surface area contributed by atoms with E-state index in [-0.39, 0.29) is 6.10 Å². The summed E-state index contributed by atoms with van der Waals surface area (Å²) in [7, 11) is 0. The van der Waals surface area contributed by atoms with Crippen LogP contribution in [0.2, 0.25) is 0 Å². The summed E-state index contributed by atoms with van der Waals surface area (Å²) in [6, 6.07) is 3.83. The second-order valence-electron chi connectivity index (χ2n) is 3.54. The van der Waals surface area contributed by atoms with Crippen molar-refractivity contribution in [1.82, 2.24) is 10.3 Å². The Bertz CT molecular complexity index is 251. The number of rotatable bonds is 7. The standard InChI is InChI=1S/C12H20N2O/c1-3-7-13-9-11(4-2)15-12-6-5-8-14-10-12/h5-6,8,10-11,13H,3-4,7,9H2,1-2H3. The number of hydrogen-bond acceptors (Lipinski definition) is 3. The molecule has 0 bridgehead atoms. The molecule has 3 nitrogen and oxygen atoms in total. The molecule has 1 N–H and O–H groups in total. The van der Waals surface area contributed by atoms with Gasteiger partial charge in [0, 0.05) is 12.7 Å². The smallest absolute Gasteiger partial charge is 0.138 e. The van der Waals surface area contributed by atoms with Gasteiger partial charge in [0.05, 0.1) is 6.20 Å². The molecule has 1 atom stereocenters. The highest BCUT2D eigenvalue weighted by Gasteiger charge is 2.06. The van der Waals surface area contributed by atoms with Gasteiger partial charge in [-0.1, -0.05) is 13.8 Å². The third-order valence-corrected chi connectivity index (χ3v) is 2.19. The first kappa shape index (κ1) is 12.0. The van der Waals surface area contributed by atoms with Crippen LogP contribution in [-0.4, -0.2) is 24.2 Å². The van der Waals surface area contributed by atoms with E-state index in [1.54, 1.807) is 12.4 Å². The summed E-state index contributed by atoms with van der Waals surface area (Å²) in [5.74, 6) is 0.850. The molecule has 0 aliphatic rings. The van der Waals surface area contributed by atoms with Crippen LogP contribution >= 0.6 is 0 Å². The van der Waals surface area contributed by atoms with Crippen molar-refractivity contribution < 1.29 is 4.74 Å². The van der Waals surface area contributed by atoms with E-state index >= 15 is 0 Å². The Morgan fingerprint density at radius 1 is 1.47 bits per heavy atom. The summed E-state index contributed by atoms with van der Waals surface area (Å²) in [6.45, 7) is 6.25. The van der Waals surface area contributed by atoms with Crippen molar-refractivity contribution in [2.24, 2.45) is 0 Å². The van der Waals surface area contributed by atoms with E-state index in [0.29, 0.717) is 0 Å². The van der Waals surface area contributed by atoms with Crippen LogP contribution in [0.5, 0.6) is 5.75 Å². The summed E-state index contributed by atoms with van der Waals surface area (Å²) in [6.07, 6.45) is 5.90. The summed E-state index contributed by atoms with van der Waals surface area (Å²) in [5, 5.41) is 3.36. The average Bonchev–Trinajstić information content (AvgIpc) is 2.29. The third-order valence-electron chi connectivity index (χ3n) is 2.19. The number of hydrogen-bond donors (Lipinski definition) is 1. The van der Waals surface area contributed by atoms with E-state index in [0.717, 1.165) is 31.7 Å². The van der Waals surface area contributed by atoms with Crippen molar-refractivity contribution in [1.29, 1.82) is 0 Å². The Morgan fingerprint density at radius 2 is 2.33 bits per heavy atom. The zero-order valence-electron chi connectivity index (χ0n) is 9.57. The molecule has 3 heteroatoms. The molecule has 0 radical (unpaired) electrons. The van der Waals surface area contributed by atoms with Crippen LogP contribution in [0.25, 0.3) is 0 Å². The molecule has 0 saturated carbocycles. The molecule has 0 aliphatic heterocycles. The lowest BCUT2D eigenvalue weighted by molar-refractivity contribution is 0.193. The molecule has 84 valence electrons. The largest absolute Gasteiger partial charge is 0.488 e. The van der Waals surface area contributed by atoms with Gasteiger partial charge < -0.3 is 10.1 Å². The van der Waals surface area contributed by atoms with Gasteiger partial charge in [-0.05, 0) is 31.5 Å². The fourth-order valence-electron chi connectivity index (χ4n) is 1.32. The van der Waals surface area contributed by atoms with Gasteiger partial charge in [-0.15, -0.1) is 0 Å². The molecule has 1 heterocycles. The third kappa shape index (κ3) is 4.79. The van der Waals surface area contributed by atoms with Gasteiger partial charge in [0.25, 0.3) is 0 Å². The first-order valence-corrected chi connectivity index (χ1v) is 5.64. The molecule has 0 aromatic carbocycles. The lowest BCUT2D eigenvalue weighted by Crippen LogP contribution is -2.31. The van der Waals surface area contributed by atoms with Crippen LogP contribution in [-0.2, 0) is 0 Å². The highest BCUT2D eigenvalue weighted by atomic mass is 16.5. The normalized spacial score (nSPS) is 12.4. The molecule has 1 aromatic heterocycles. The molecule has 0 saturated heterocycles. The van der Waals surface area contributed by atoms with Gasteiger partial charge >= 0.3 is 0 Å². The van der Waals surface area contributed by atoms with Crippen LogP contribution in [0.15, 0.2) is 24.5 Å². The molecule has 1 aromatic rings. The van der Waals surface area contributed by atoms with Gasteiger partial charge in [0.15, 0.2) is 0 Å². The monoisotopic (exact) mass is 208 g/mol. The van der Waals surface area contributed by atoms with E-state index in [1.807, 2.05) is 12.1 Å². The predicted molar refractivity (Wildman–Crippen MR) is 62.1 cm³/mol. The molecule has 0 spiro atoms. The van der Waals surface area contributed by atoms with Crippen LogP contribution in [0.4, 0.5) is 0 Å². The molecular weight excluding hydrogens is 188 g/mol. The van der Waals surface area contributed by atoms with Crippen LogP contribution < -0.4 is 10.1 Å². The van der Waals surface area contributed by atoms with Crippen molar-refractivity contribution in [3.63, 3.8) is 0 Å². The summed E-state index contributed by atoms with van der Waals surface area (Å²) in [4.78, 5) is 4.02. The fraction of sp³-hybridized carbons (Fsp3) is 0.583. The Morgan fingerprint density at radius 3 is 2.93 bits per heavy atom. The summed E-state index contributed by atoms with van der Waals surface area (Å²) in [5.41, 5.74) is 0. The zero-order valence-corrected chi connectivity index (χ0v) is 9.57. The maximum absolute atomic E-state index is 5.79. The second kappa shape index (κ2) is 7.23. The summed E-state index contributed by atoms with van der Waals surface area (Å²) < 4.78 is 5.79. The zero-order chi connectivity index (χ0) is 10.9. The van der Waals surface area contributed by atoms with Gasteiger partial charge in [-0.3, -0.25) is 4.98 Å². The van der Waals surface area contributed by atoms with Gasteiger partial charge in [0.2, 0.25) is 0 Å². The van der Waals surface area contributed by atoms with Crippen molar-refractivity contribution in [3.05, 3.63) is 24.5 Å². The van der Waals surface area contributed by atoms with E-state index in [1.165, 1.54) is 0 Å². The Balaban J connectivity index is 2.33. The highest BCUT2D eigenvalue weighted by molar-refractivity contribution is 5.15. The minimum Gasteiger partial charge on any atom is -0.488 e. The Hall–Kier alpha value is -1.09. The SMILES string of the molecule is CCCNCC(CC)Oc1cccnc1. The van der Waals surface area contributed by atoms with Crippen molar-refractivity contribution in [3.8, 4) is 5.75 Å². The lowest BCUT2D eigenvalue weighted by Gasteiger charge is -2.17. The fourth-order valence-corrected chi connectivity index (χ4v) is 1.32. The number of nitrogens with one attached hydrogen (secondary N) is 1. The molecular formula is C12H20N2O. The van der Waals surface area contributed by atoms with Gasteiger partial charge in [-0.25, -0.2) is 0 Å². The number of nitrogens with zero attached hydrogens (tertiary/aromatic N) is 1. The average molecular weight is 208 g/mol. The topological polar surface area (TPSA) is 34.1 Å². The number of aromatic nitrogens is 1. The molecule has 0 fully saturated rings. The Labute approximate surface area is 91.9 Å². The van der Waals surface area contributed by atoms with Crippen LogP contribution in [0.1, 0.15) is 26.7 Å². The quantitative estimate of drug-likeness (QED) is 0.698. The van der Waals surface area contributed by atoms with E-state index in [9.17, 15) is 0 Å². The minimum absolute atomic E-state index is 0.237. The maximum Gasteiger partial charge on any atom is 0.138 e. The molecule has 1 unspecified atom stereocenters. The number of ether oxygens (including phenoxy) is 1. The Kier molecular flexibility index (Phi) is 5.78. The number of pyridine rings is 1. The predicted octanol–water partition coefficient (Wildman–Crippen LogP) is 2.24. The van der Waals surface area contributed by atoms with Crippen molar-refractivity contribution in [2.45, 2.75) is 32.8 Å². The first-order chi connectivity index (χ1) is 7.36. The van der Waals surface area contributed by atoms with Gasteiger partial charge in [0.1, 0.15) is 11.9 Å². The van der Waals surface area contributed by atoms with Crippen LogP contribution in [0, 0.1) is 0 Å². The van der Waals surface area contributed by atoms with E-state index in [4.69, 9.17) is 4.74 Å². The van der Waals surface area contributed by atoms with E-state index in [2.05, 4.69) is 24.1 Å². The van der Waals surface area contributed by atoms with Crippen LogP contribution in [0.3, 0.4) is 0 Å². The summed E-state index contributed by atoms with van der Waals surface area (Å²) >= 11 is 0.